The summed E-state index contributed by atoms with van der Waals surface area (Å²) in [5, 5.41) is 3.29. The van der Waals surface area contributed by atoms with Crippen molar-refractivity contribution in [1.29, 1.82) is 0 Å². The van der Waals surface area contributed by atoms with Crippen molar-refractivity contribution in [3.8, 4) is 11.4 Å². The van der Waals surface area contributed by atoms with Gasteiger partial charge >= 0.3 is 0 Å². The standard InChI is InChI=1S/C26H26N4/c1-15(2)17-11-8-12-18(16(3)4)22(17)26-29-24-20-10-7-6-9-19(20)23-21(13-27-14-28-23)25(24)30(26)5/h6-16H,1-5H3. The highest BCUT2D eigenvalue weighted by atomic mass is 15.1. The second kappa shape index (κ2) is 6.91. The van der Waals surface area contributed by atoms with E-state index < -0.39 is 0 Å². The molecule has 0 N–H and O–H groups in total. The van der Waals surface area contributed by atoms with E-state index in [9.17, 15) is 0 Å². The normalized spacial score (nSPS) is 12.1. The lowest BCUT2D eigenvalue weighted by Crippen LogP contribution is -2.04. The van der Waals surface area contributed by atoms with Gasteiger partial charge in [-0.15, -0.1) is 0 Å². The van der Waals surface area contributed by atoms with Crippen LogP contribution in [0.2, 0.25) is 0 Å². The molecule has 2 heterocycles. The number of benzene rings is 3. The van der Waals surface area contributed by atoms with Gasteiger partial charge in [0.25, 0.3) is 0 Å². The number of rotatable bonds is 3. The summed E-state index contributed by atoms with van der Waals surface area (Å²) in [5.41, 5.74) is 7.01. The summed E-state index contributed by atoms with van der Waals surface area (Å²) < 4.78 is 2.24. The van der Waals surface area contributed by atoms with Gasteiger partial charge in [-0.05, 0) is 23.0 Å². The zero-order valence-corrected chi connectivity index (χ0v) is 18.1. The molecule has 5 aromatic rings. The molecule has 0 atom stereocenters. The average Bonchev–Trinajstić information content (AvgIpc) is 3.10. The number of aromatic nitrogens is 4. The fourth-order valence-electron chi connectivity index (χ4n) is 4.64. The van der Waals surface area contributed by atoms with E-state index in [4.69, 9.17) is 4.98 Å². The molecule has 0 unspecified atom stereocenters. The SMILES string of the molecule is CC(C)c1cccc(C(C)C)c1-c1nc2c3ccccc3c3ncncc3c2n1C. The second-order valence-electron chi connectivity index (χ2n) is 8.64. The molecule has 0 aliphatic heterocycles. The number of nitrogens with zero attached hydrogens (tertiary/aromatic N) is 4. The molecule has 0 aliphatic rings. The maximum atomic E-state index is 5.25. The first-order valence-electron chi connectivity index (χ1n) is 10.6. The van der Waals surface area contributed by atoms with Crippen molar-refractivity contribution < 1.29 is 0 Å². The number of hydrogen-bond acceptors (Lipinski definition) is 3. The van der Waals surface area contributed by atoms with Crippen LogP contribution in [-0.4, -0.2) is 19.5 Å². The zero-order valence-electron chi connectivity index (χ0n) is 18.1. The Bertz CT molecular complexity index is 1380. The predicted molar refractivity (Wildman–Crippen MR) is 125 cm³/mol. The Morgan fingerprint density at radius 1 is 0.767 bits per heavy atom. The van der Waals surface area contributed by atoms with Gasteiger partial charge in [0.05, 0.1) is 16.6 Å². The Balaban J connectivity index is 1.99. The van der Waals surface area contributed by atoms with Gasteiger partial charge in [-0.2, -0.15) is 0 Å². The maximum Gasteiger partial charge on any atom is 0.141 e. The first-order valence-corrected chi connectivity index (χ1v) is 10.6. The van der Waals surface area contributed by atoms with Gasteiger partial charge in [0.15, 0.2) is 0 Å². The van der Waals surface area contributed by atoms with Crippen molar-refractivity contribution in [3.63, 3.8) is 0 Å². The van der Waals surface area contributed by atoms with Crippen molar-refractivity contribution in [1.82, 2.24) is 19.5 Å². The van der Waals surface area contributed by atoms with E-state index in [-0.39, 0.29) is 0 Å². The topological polar surface area (TPSA) is 43.6 Å². The van der Waals surface area contributed by atoms with Gasteiger partial charge in [0.2, 0.25) is 0 Å². The Morgan fingerprint density at radius 3 is 2.03 bits per heavy atom. The van der Waals surface area contributed by atoms with Crippen molar-refractivity contribution in [3.05, 3.63) is 66.1 Å². The molecule has 3 aromatic carbocycles. The minimum atomic E-state index is 0.412. The number of fused-ring (bicyclic) bond motifs is 6. The summed E-state index contributed by atoms with van der Waals surface area (Å²) in [5.74, 6) is 1.84. The lowest BCUT2D eigenvalue weighted by atomic mass is 9.88. The van der Waals surface area contributed by atoms with E-state index >= 15 is 0 Å². The third-order valence-corrected chi connectivity index (χ3v) is 6.10. The molecular weight excluding hydrogens is 368 g/mol. The van der Waals surface area contributed by atoms with E-state index in [0.29, 0.717) is 11.8 Å². The third kappa shape index (κ3) is 2.63. The van der Waals surface area contributed by atoms with Crippen molar-refractivity contribution in [2.45, 2.75) is 39.5 Å². The highest BCUT2D eigenvalue weighted by Gasteiger charge is 2.22. The van der Waals surface area contributed by atoms with Crippen LogP contribution < -0.4 is 0 Å². The molecule has 0 bridgehead atoms. The minimum Gasteiger partial charge on any atom is -0.326 e. The summed E-state index contributed by atoms with van der Waals surface area (Å²) in [6, 6.07) is 15.1. The van der Waals surface area contributed by atoms with Gasteiger partial charge in [0.1, 0.15) is 12.2 Å². The summed E-state index contributed by atoms with van der Waals surface area (Å²) >= 11 is 0. The molecule has 0 aliphatic carbocycles. The van der Waals surface area contributed by atoms with Crippen LogP contribution in [0.15, 0.2) is 55.0 Å². The van der Waals surface area contributed by atoms with Crippen LogP contribution in [0.1, 0.15) is 50.7 Å². The molecule has 0 amide bonds. The van der Waals surface area contributed by atoms with Crippen LogP contribution in [0.5, 0.6) is 0 Å². The first kappa shape index (κ1) is 18.7. The Hall–Kier alpha value is -3.27. The van der Waals surface area contributed by atoms with Crippen LogP contribution in [0.25, 0.3) is 44.1 Å². The van der Waals surface area contributed by atoms with Crippen LogP contribution in [0.4, 0.5) is 0 Å². The second-order valence-corrected chi connectivity index (χ2v) is 8.64. The zero-order chi connectivity index (χ0) is 21.0. The molecule has 0 fully saturated rings. The van der Waals surface area contributed by atoms with Crippen molar-refractivity contribution >= 4 is 32.7 Å². The molecule has 0 radical (unpaired) electrons. The molecular formula is C26H26N4. The highest BCUT2D eigenvalue weighted by Crippen LogP contribution is 2.40. The van der Waals surface area contributed by atoms with Crippen molar-refractivity contribution in [2.24, 2.45) is 7.05 Å². The summed E-state index contributed by atoms with van der Waals surface area (Å²) in [4.78, 5) is 14.2. The monoisotopic (exact) mass is 394 g/mol. The third-order valence-electron chi connectivity index (χ3n) is 6.10. The van der Waals surface area contributed by atoms with Gasteiger partial charge < -0.3 is 4.57 Å². The Labute approximate surface area is 176 Å². The van der Waals surface area contributed by atoms with Gasteiger partial charge in [-0.1, -0.05) is 70.2 Å². The molecule has 0 saturated heterocycles. The molecule has 30 heavy (non-hydrogen) atoms. The fraction of sp³-hybridized carbons (Fsp3) is 0.269. The van der Waals surface area contributed by atoms with Crippen LogP contribution in [-0.2, 0) is 7.05 Å². The van der Waals surface area contributed by atoms with Gasteiger partial charge in [-0.25, -0.2) is 15.0 Å². The molecule has 4 nitrogen and oxygen atoms in total. The minimum absolute atomic E-state index is 0.412. The molecule has 5 rings (SSSR count). The van der Waals surface area contributed by atoms with E-state index in [1.807, 2.05) is 6.20 Å². The molecule has 0 spiro atoms. The predicted octanol–water partition coefficient (Wildman–Crippen LogP) is 6.58. The van der Waals surface area contributed by atoms with E-state index in [0.717, 1.165) is 38.5 Å². The smallest absolute Gasteiger partial charge is 0.141 e. The highest BCUT2D eigenvalue weighted by molar-refractivity contribution is 6.22. The number of hydrogen-bond donors (Lipinski definition) is 0. The van der Waals surface area contributed by atoms with E-state index in [1.165, 1.54) is 16.7 Å². The lowest BCUT2D eigenvalue weighted by Gasteiger charge is -2.19. The average molecular weight is 395 g/mol. The Morgan fingerprint density at radius 2 is 1.40 bits per heavy atom. The molecule has 2 aromatic heterocycles. The van der Waals surface area contributed by atoms with Crippen LogP contribution >= 0.6 is 0 Å². The Kier molecular flexibility index (Phi) is 4.31. The van der Waals surface area contributed by atoms with Gasteiger partial charge in [0, 0.05) is 35.0 Å². The first-order chi connectivity index (χ1) is 14.5. The summed E-state index contributed by atoms with van der Waals surface area (Å²) in [7, 11) is 2.12. The van der Waals surface area contributed by atoms with Gasteiger partial charge in [-0.3, -0.25) is 0 Å². The molecule has 0 saturated carbocycles. The van der Waals surface area contributed by atoms with Crippen LogP contribution in [0.3, 0.4) is 0 Å². The maximum absolute atomic E-state index is 5.25. The summed E-state index contributed by atoms with van der Waals surface area (Å²) in [6.45, 7) is 9.02. The van der Waals surface area contributed by atoms with E-state index in [2.05, 4.69) is 91.7 Å². The largest absolute Gasteiger partial charge is 0.326 e. The quantitative estimate of drug-likeness (QED) is 0.324. The lowest BCUT2D eigenvalue weighted by molar-refractivity contribution is 0.828. The van der Waals surface area contributed by atoms with Crippen LogP contribution in [0, 0.1) is 0 Å². The molecule has 150 valence electrons. The number of aryl methyl sites for hydroxylation is 1. The van der Waals surface area contributed by atoms with E-state index in [1.54, 1.807) is 6.33 Å². The van der Waals surface area contributed by atoms with Crippen molar-refractivity contribution in [2.75, 3.05) is 0 Å². The summed E-state index contributed by atoms with van der Waals surface area (Å²) in [6.07, 6.45) is 3.54. The fourth-order valence-corrected chi connectivity index (χ4v) is 4.64. The molecule has 4 heteroatoms. The number of imidazole rings is 1.